The average Bonchev–Trinajstić information content (AvgIpc) is 2.29. The molecule has 1 unspecified atom stereocenters. The monoisotopic (exact) mass is 253 g/mol. The highest BCUT2D eigenvalue weighted by Gasteiger charge is 2.27. The normalized spacial score (nSPS) is 13.4. The van der Waals surface area contributed by atoms with Gasteiger partial charge in [0.05, 0.1) is 7.11 Å². The molecule has 1 N–H and O–H groups in total. The number of halogens is 1. The Hall–Kier alpha value is -1.09. The SMILES string of the molecule is CCCNC(c1ccc(OC)cc1F)C(C)(C)C. The van der Waals surface area contributed by atoms with E-state index in [1.165, 1.54) is 6.07 Å². The van der Waals surface area contributed by atoms with Crippen molar-refractivity contribution in [3.8, 4) is 5.75 Å². The molecule has 0 spiro atoms. The summed E-state index contributed by atoms with van der Waals surface area (Å²) in [5.74, 6) is 0.345. The average molecular weight is 253 g/mol. The molecule has 0 heterocycles. The number of ether oxygens (including phenoxy) is 1. The lowest BCUT2D eigenvalue weighted by molar-refractivity contribution is 0.266. The smallest absolute Gasteiger partial charge is 0.131 e. The number of hydrogen-bond donors (Lipinski definition) is 1. The lowest BCUT2D eigenvalue weighted by Gasteiger charge is -2.32. The molecule has 1 aromatic carbocycles. The zero-order chi connectivity index (χ0) is 13.8. The van der Waals surface area contributed by atoms with Gasteiger partial charge in [0.15, 0.2) is 0 Å². The standard InChI is InChI=1S/C15H24FNO/c1-6-9-17-14(15(2,3)4)12-8-7-11(18-5)10-13(12)16/h7-8,10,14,17H,6,9H2,1-5H3. The maximum Gasteiger partial charge on any atom is 0.131 e. The van der Waals surface area contributed by atoms with Crippen molar-refractivity contribution in [2.75, 3.05) is 13.7 Å². The molecule has 0 fully saturated rings. The van der Waals surface area contributed by atoms with E-state index < -0.39 is 0 Å². The third-order valence-electron chi connectivity index (χ3n) is 2.98. The van der Waals surface area contributed by atoms with Crippen molar-refractivity contribution >= 4 is 0 Å². The summed E-state index contributed by atoms with van der Waals surface area (Å²) in [5.41, 5.74) is 0.668. The van der Waals surface area contributed by atoms with Gasteiger partial charge in [-0.2, -0.15) is 0 Å². The summed E-state index contributed by atoms with van der Waals surface area (Å²) < 4.78 is 19.2. The maximum absolute atomic E-state index is 14.1. The van der Waals surface area contributed by atoms with Crippen LogP contribution in [0.15, 0.2) is 18.2 Å². The van der Waals surface area contributed by atoms with Crippen LogP contribution in [0.5, 0.6) is 5.75 Å². The van der Waals surface area contributed by atoms with Gasteiger partial charge in [-0.15, -0.1) is 0 Å². The summed E-state index contributed by atoms with van der Waals surface area (Å²) in [6.45, 7) is 9.34. The summed E-state index contributed by atoms with van der Waals surface area (Å²) in [4.78, 5) is 0. The Labute approximate surface area is 110 Å². The van der Waals surface area contributed by atoms with Crippen molar-refractivity contribution < 1.29 is 9.13 Å². The molecule has 0 saturated heterocycles. The van der Waals surface area contributed by atoms with Gasteiger partial charge in [-0.3, -0.25) is 0 Å². The van der Waals surface area contributed by atoms with Crippen LogP contribution in [0.2, 0.25) is 0 Å². The predicted molar refractivity (Wildman–Crippen MR) is 73.4 cm³/mol. The minimum absolute atomic E-state index is 0.00311. The van der Waals surface area contributed by atoms with Gasteiger partial charge in [0.2, 0.25) is 0 Å². The number of rotatable bonds is 5. The molecule has 0 aromatic heterocycles. The third kappa shape index (κ3) is 3.70. The van der Waals surface area contributed by atoms with Crippen LogP contribution in [0, 0.1) is 11.2 Å². The lowest BCUT2D eigenvalue weighted by Crippen LogP contribution is -2.33. The first-order valence-electron chi connectivity index (χ1n) is 6.47. The molecular formula is C15H24FNO. The Balaban J connectivity index is 3.05. The predicted octanol–water partition coefficient (Wildman–Crippen LogP) is 3.92. The van der Waals surface area contributed by atoms with Crippen molar-refractivity contribution in [1.29, 1.82) is 0 Å². The van der Waals surface area contributed by atoms with Crippen LogP contribution in [-0.4, -0.2) is 13.7 Å². The molecule has 2 nitrogen and oxygen atoms in total. The molecular weight excluding hydrogens is 229 g/mol. The van der Waals surface area contributed by atoms with E-state index in [4.69, 9.17) is 4.74 Å². The molecule has 0 saturated carbocycles. The van der Waals surface area contributed by atoms with Gasteiger partial charge in [0.1, 0.15) is 11.6 Å². The van der Waals surface area contributed by atoms with E-state index in [9.17, 15) is 4.39 Å². The molecule has 0 bridgehead atoms. The fourth-order valence-electron chi connectivity index (χ4n) is 2.04. The van der Waals surface area contributed by atoms with E-state index in [0.29, 0.717) is 11.3 Å². The second-order valence-electron chi connectivity index (χ2n) is 5.64. The minimum atomic E-state index is -0.210. The van der Waals surface area contributed by atoms with E-state index >= 15 is 0 Å². The van der Waals surface area contributed by atoms with Crippen molar-refractivity contribution in [2.24, 2.45) is 5.41 Å². The first-order chi connectivity index (χ1) is 8.40. The van der Waals surface area contributed by atoms with Gasteiger partial charge in [-0.1, -0.05) is 33.8 Å². The number of nitrogens with one attached hydrogen (secondary N) is 1. The van der Waals surface area contributed by atoms with Crippen LogP contribution in [0.1, 0.15) is 45.7 Å². The van der Waals surface area contributed by atoms with Gasteiger partial charge >= 0.3 is 0 Å². The summed E-state index contributed by atoms with van der Waals surface area (Å²) >= 11 is 0. The molecule has 18 heavy (non-hydrogen) atoms. The van der Waals surface area contributed by atoms with Gasteiger partial charge < -0.3 is 10.1 Å². The Morgan fingerprint density at radius 2 is 2.00 bits per heavy atom. The van der Waals surface area contributed by atoms with Crippen LogP contribution in [0.3, 0.4) is 0 Å². The Bertz CT molecular complexity index is 385. The highest BCUT2D eigenvalue weighted by atomic mass is 19.1. The highest BCUT2D eigenvalue weighted by Crippen LogP contribution is 2.35. The molecule has 0 radical (unpaired) electrons. The van der Waals surface area contributed by atoms with Crippen LogP contribution in [0.25, 0.3) is 0 Å². The fraction of sp³-hybridized carbons (Fsp3) is 0.600. The summed E-state index contributed by atoms with van der Waals surface area (Å²) in [6, 6.07) is 5.07. The third-order valence-corrected chi connectivity index (χ3v) is 2.98. The second kappa shape index (κ2) is 6.19. The van der Waals surface area contributed by atoms with Crippen LogP contribution < -0.4 is 10.1 Å². The topological polar surface area (TPSA) is 21.3 Å². The number of hydrogen-bond acceptors (Lipinski definition) is 2. The van der Waals surface area contributed by atoms with E-state index in [0.717, 1.165) is 13.0 Å². The molecule has 0 aliphatic heterocycles. The Kier molecular flexibility index (Phi) is 5.15. The first kappa shape index (κ1) is 15.0. The van der Waals surface area contributed by atoms with Gasteiger partial charge in [0, 0.05) is 17.7 Å². The minimum Gasteiger partial charge on any atom is -0.497 e. The van der Waals surface area contributed by atoms with Crippen LogP contribution in [-0.2, 0) is 0 Å². The molecule has 1 rings (SSSR count). The second-order valence-corrected chi connectivity index (χ2v) is 5.64. The molecule has 0 aliphatic carbocycles. The van der Waals surface area contributed by atoms with E-state index in [-0.39, 0.29) is 17.3 Å². The number of benzene rings is 1. The quantitative estimate of drug-likeness (QED) is 0.858. The Morgan fingerprint density at radius 3 is 2.44 bits per heavy atom. The fourth-order valence-corrected chi connectivity index (χ4v) is 2.04. The molecule has 102 valence electrons. The summed E-state index contributed by atoms with van der Waals surface area (Å²) in [7, 11) is 1.55. The number of methoxy groups -OCH3 is 1. The van der Waals surface area contributed by atoms with E-state index in [2.05, 4.69) is 33.0 Å². The molecule has 0 aliphatic rings. The highest BCUT2D eigenvalue weighted by molar-refractivity contribution is 5.31. The van der Waals surface area contributed by atoms with Gasteiger partial charge in [0.25, 0.3) is 0 Å². The molecule has 1 atom stereocenters. The van der Waals surface area contributed by atoms with Crippen molar-refractivity contribution in [2.45, 2.75) is 40.2 Å². The summed E-state index contributed by atoms with van der Waals surface area (Å²) in [5, 5.41) is 3.42. The zero-order valence-corrected chi connectivity index (χ0v) is 12.0. The maximum atomic E-state index is 14.1. The van der Waals surface area contributed by atoms with E-state index in [1.807, 2.05) is 12.1 Å². The largest absolute Gasteiger partial charge is 0.497 e. The van der Waals surface area contributed by atoms with Crippen molar-refractivity contribution in [1.82, 2.24) is 5.32 Å². The van der Waals surface area contributed by atoms with E-state index in [1.54, 1.807) is 7.11 Å². The molecule has 0 amide bonds. The zero-order valence-electron chi connectivity index (χ0n) is 12.0. The molecule has 1 aromatic rings. The lowest BCUT2D eigenvalue weighted by atomic mass is 9.82. The first-order valence-corrected chi connectivity index (χ1v) is 6.47. The summed E-state index contributed by atoms with van der Waals surface area (Å²) in [6.07, 6.45) is 1.03. The van der Waals surface area contributed by atoms with Gasteiger partial charge in [-0.05, 0) is 24.4 Å². The van der Waals surface area contributed by atoms with Gasteiger partial charge in [-0.25, -0.2) is 4.39 Å². The van der Waals surface area contributed by atoms with Crippen molar-refractivity contribution in [3.63, 3.8) is 0 Å². The van der Waals surface area contributed by atoms with Crippen molar-refractivity contribution in [3.05, 3.63) is 29.6 Å². The molecule has 3 heteroatoms. The van der Waals surface area contributed by atoms with Crippen LogP contribution in [0.4, 0.5) is 4.39 Å². The Morgan fingerprint density at radius 1 is 1.33 bits per heavy atom. The van der Waals surface area contributed by atoms with Crippen LogP contribution >= 0.6 is 0 Å².